The fourth-order valence-electron chi connectivity index (χ4n) is 2.66. The van der Waals surface area contributed by atoms with E-state index >= 15 is 0 Å². The van der Waals surface area contributed by atoms with Crippen LogP contribution < -0.4 is 10.3 Å². The zero-order valence-electron chi connectivity index (χ0n) is 12.3. The summed E-state index contributed by atoms with van der Waals surface area (Å²) < 4.78 is 32.8. The molecule has 7 heteroatoms. The number of rotatable bonds is 4. The van der Waals surface area contributed by atoms with Crippen molar-refractivity contribution in [2.24, 2.45) is 0 Å². The molecule has 6 nitrogen and oxygen atoms in total. The van der Waals surface area contributed by atoms with Gasteiger partial charge in [-0.15, -0.1) is 0 Å². The highest BCUT2D eigenvalue weighted by atomic mass is 32.2. The fourth-order valence-corrected chi connectivity index (χ4v) is 3.75. The van der Waals surface area contributed by atoms with Crippen molar-refractivity contribution >= 4 is 20.9 Å². The van der Waals surface area contributed by atoms with Crippen LogP contribution in [0.3, 0.4) is 0 Å². The van der Waals surface area contributed by atoms with Gasteiger partial charge in [0.15, 0.2) is 0 Å². The van der Waals surface area contributed by atoms with Crippen molar-refractivity contribution in [1.82, 2.24) is 9.71 Å². The van der Waals surface area contributed by atoms with Crippen molar-refractivity contribution in [3.63, 3.8) is 0 Å². The Bertz CT molecular complexity index is 851. The summed E-state index contributed by atoms with van der Waals surface area (Å²) in [6.07, 6.45) is 1.79. The van der Waals surface area contributed by atoms with Gasteiger partial charge >= 0.3 is 0 Å². The van der Waals surface area contributed by atoms with Crippen molar-refractivity contribution in [3.8, 4) is 0 Å². The van der Waals surface area contributed by atoms with Crippen LogP contribution in [0.2, 0.25) is 0 Å². The Balaban J connectivity index is 1.89. The Kier molecular flexibility index (Phi) is 4.03. The zero-order chi connectivity index (χ0) is 15.7. The number of aryl methyl sites for hydroxylation is 1. The Morgan fingerprint density at radius 1 is 1.36 bits per heavy atom. The van der Waals surface area contributed by atoms with Gasteiger partial charge in [-0.3, -0.25) is 4.79 Å². The summed E-state index contributed by atoms with van der Waals surface area (Å²) in [6.45, 7) is 2.76. The molecule has 0 saturated carbocycles. The van der Waals surface area contributed by atoms with E-state index in [2.05, 4.69) is 9.71 Å². The SMILES string of the molecule is Cc1cc(=O)[nH]c2ccc(S(=O)(=O)NC[C@@H]3CCCO3)cc12. The molecule has 22 heavy (non-hydrogen) atoms. The number of fused-ring (bicyclic) bond motifs is 1. The van der Waals surface area contributed by atoms with Gasteiger partial charge in [-0.25, -0.2) is 13.1 Å². The molecule has 1 atom stereocenters. The second-order valence-corrected chi connectivity index (χ2v) is 7.28. The maximum absolute atomic E-state index is 12.4. The van der Waals surface area contributed by atoms with Crippen molar-refractivity contribution in [3.05, 3.63) is 40.2 Å². The van der Waals surface area contributed by atoms with E-state index in [1.54, 1.807) is 19.1 Å². The number of pyridine rings is 1. The number of aromatic amines is 1. The lowest BCUT2D eigenvalue weighted by atomic mass is 10.1. The molecule has 1 aliphatic rings. The first-order valence-corrected chi connectivity index (χ1v) is 8.69. The van der Waals surface area contributed by atoms with Gasteiger partial charge in [-0.1, -0.05) is 0 Å². The van der Waals surface area contributed by atoms with Gasteiger partial charge in [0.25, 0.3) is 0 Å². The summed E-state index contributed by atoms with van der Waals surface area (Å²) in [7, 11) is -3.59. The Morgan fingerprint density at radius 3 is 2.91 bits per heavy atom. The lowest BCUT2D eigenvalue weighted by Gasteiger charge is -2.12. The largest absolute Gasteiger partial charge is 0.377 e. The van der Waals surface area contributed by atoms with E-state index in [0.717, 1.165) is 23.8 Å². The van der Waals surface area contributed by atoms with Crippen LogP contribution >= 0.6 is 0 Å². The first kappa shape index (κ1) is 15.2. The van der Waals surface area contributed by atoms with Crippen LogP contribution in [-0.2, 0) is 14.8 Å². The summed E-state index contributed by atoms with van der Waals surface area (Å²) >= 11 is 0. The molecule has 1 aromatic carbocycles. The van der Waals surface area contributed by atoms with Crippen LogP contribution in [0.15, 0.2) is 34.0 Å². The van der Waals surface area contributed by atoms with Crippen LogP contribution in [-0.4, -0.2) is 32.7 Å². The number of aromatic nitrogens is 1. The number of benzene rings is 1. The maximum Gasteiger partial charge on any atom is 0.248 e. The highest BCUT2D eigenvalue weighted by molar-refractivity contribution is 7.89. The molecule has 2 aromatic rings. The number of ether oxygens (including phenoxy) is 1. The molecule has 0 amide bonds. The molecule has 0 unspecified atom stereocenters. The topological polar surface area (TPSA) is 88.3 Å². The summed E-state index contributed by atoms with van der Waals surface area (Å²) in [5.41, 5.74) is 1.18. The second kappa shape index (κ2) is 5.83. The summed E-state index contributed by atoms with van der Waals surface area (Å²) in [5.74, 6) is 0. The third-order valence-electron chi connectivity index (χ3n) is 3.86. The predicted octanol–water partition coefficient (Wildman–Crippen LogP) is 1.29. The number of H-pyrrole nitrogens is 1. The molecular formula is C15H18N2O4S. The van der Waals surface area contributed by atoms with Gasteiger partial charge in [-0.05, 0) is 43.5 Å². The highest BCUT2D eigenvalue weighted by Crippen LogP contribution is 2.20. The highest BCUT2D eigenvalue weighted by Gasteiger charge is 2.20. The molecule has 0 spiro atoms. The van der Waals surface area contributed by atoms with Crippen molar-refractivity contribution in [1.29, 1.82) is 0 Å². The third-order valence-corrected chi connectivity index (χ3v) is 5.28. The standard InChI is InChI=1S/C15H18N2O4S/c1-10-7-15(18)17-14-5-4-12(8-13(10)14)22(19,20)16-9-11-3-2-6-21-11/h4-5,7-8,11,16H,2-3,6,9H2,1H3,(H,17,18)/t11-/m0/s1. The second-order valence-electron chi connectivity index (χ2n) is 5.51. The molecule has 0 radical (unpaired) electrons. The first-order chi connectivity index (χ1) is 10.5. The molecule has 1 aliphatic heterocycles. The molecule has 118 valence electrons. The van der Waals surface area contributed by atoms with Gasteiger partial charge in [-0.2, -0.15) is 0 Å². The minimum atomic E-state index is -3.59. The molecule has 1 aromatic heterocycles. The summed E-state index contributed by atoms with van der Waals surface area (Å²) in [5, 5.41) is 0.722. The molecule has 0 bridgehead atoms. The molecule has 3 rings (SSSR count). The van der Waals surface area contributed by atoms with E-state index in [0.29, 0.717) is 12.1 Å². The lowest BCUT2D eigenvalue weighted by molar-refractivity contribution is 0.114. The average molecular weight is 322 g/mol. The summed E-state index contributed by atoms with van der Waals surface area (Å²) in [4.78, 5) is 14.3. The van der Waals surface area contributed by atoms with Crippen molar-refractivity contribution in [2.45, 2.75) is 30.8 Å². The van der Waals surface area contributed by atoms with Gasteiger partial charge in [0.2, 0.25) is 15.6 Å². The van der Waals surface area contributed by atoms with Crippen LogP contribution in [0.4, 0.5) is 0 Å². The van der Waals surface area contributed by atoms with E-state index in [-0.39, 0.29) is 23.1 Å². The van der Waals surface area contributed by atoms with E-state index < -0.39 is 10.0 Å². The Hall–Kier alpha value is -1.70. The maximum atomic E-state index is 12.4. The van der Waals surface area contributed by atoms with E-state index in [4.69, 9.17) is 4.74 Å². The van der Waals surface area contributed by atoms with Crippen LogP contribution in [0.1, 0.15) is 18.4 Å². The van der Waals surface area contributed by atoms with Gasteiger partial charge < -0.3 is 9.72 Å². The first-order valence-electron chi connectivity index (χ1n) is 7.21. The molecular weight excluding hydrogens is 304 g/mol. The van der Waals surface area contributed by atoms with Crippen molar-refractivity contribution < 1.29 is 13.2 Å². The minimum Gasteiger partial charge on any atom is -0.377 e. The van der Waals surface area contributed by atoms with Crippen molar-refractivity contribution in [2.75, 3.05) is 13.2 Å². The Morgan fingerprint density at radius 2 is 2.18 bits per heavy atom. The van der Waals surface area contributed by atoms with E-state index in [1.807, 2.05) is 0 Å². The van der Waals surface area contributed by atoms with Crippen LogP contribution in [0.25, 0.3) is 10.9 Å². The normalized spacial score (nSPS) is 18.9. The third kappa shape index (κ3) is 3.06. The van der Waals surface area contributed by atoms with Gasteiger partial charge in [0.1, 0.15) is 0 Å². The monoisotopic (exact) mass is 322 g/mol. The van der Waals surface area contributed by atoms with Gasteiger partial charge in [0, 0.05) is 30.1 Å². The molecule has 2 N–H and O–H groups in total. The molecule has 0 aliphatic carbocycles. The smallest absolute Gasteiger partial charge is 0.248 e. The average Bonchev–Trinajstić information content (AvgIpc) is 2.98. The minimum absolute atomic E-state index is 0.0478. The van der Waals surface area contributed by atoms with Crippen LogP contribution in [0, 0.1) is 6.92 Å². The molecule has 1 fully saturated rings. The number of sulfonamides is 1. The molecule has 2 heterocycles. The predicted molar refractivity (Wildman–Crippen MR) is 83.5 cm³/mol. The van der Waals surface area contributed by atoms with E-state index in [9.17, 15) is 13.2 Å². The van der Waals surface area contributed by atoms with Gasteiger partial charge in [0.05, 0.1) is 11.0 Å². The zero-order valence-corrected chi connectivity index (χ0v) is 13.1. The number of hydrogen-bond acceptors (Lipinski definition) is 4. The number of nitrogens with one attached hydrogen (secondary N) is 2. The quantitative estimate of drug-likeness (QED) is 0.888. The Labute approximate surface area is 128 Å². The summed E-state index contributed by atoms with van der Waals surface area (Å²) in [6, 6.07) is 6.15. The lowest BCUT2D eigenvalue weighted by Crippen LogP contribution is -2.31. The molecule has 1 saturated heterocycles. The van der Waals surface area contributed by atoms with Crippen LogP contribution in [0.5, 0.6) is 0 Å². The van der Waals surface area contributed by atoms with E-state index in [1.165, 1.54) is 12.1 Å². The number of hydrogen-bond donors (Lipinski definition) is 2. The fraction of sp³-hybridized carbons (Fsp3) is 0.400.